The van der Waals surface area contributed by atoms with Crippen LogP contribution in [0.1, 0.15) is 51.5 Å². The topological polar surface area (TPSA) is 47.9 Å². The fourth-order valence-electron chi connectivity index (χ4n) is 3.50. The van der Waals surface area contributed by atoms with Crippen LogP contribution in [-0.4, -0.2) is 38.5 Å². The number of rotatable bonds is 6. The van der Waals surface area contributed by atoms with Crippen LogP contribution in [0, 0.1) is 17.6 Å². The second-order valence-electron chi connectivity index (χ2n) is 7.59. The second-order valence-corrected chi connectivity index (χ2v) is 7.59. The molecule has 0 bridgehead atoms. The lowest BCUT2D eigenvalue weighted by Gasteiger charge is -2.23. The number of aldehydes is 1. The molecule has 1 aromatic carbocycles. The van der Waals surface area contributed by atoms with Gasteiger partial charge >= 0.3 is 0 Å². The Hall–Kier alpha value is -2.08. The van der Waals surface area contributed by atoms with Gasteiger partial charge in [0.1, 0.15) is 12.9 Å². The smallest absolute Gasteiger partial charge is 0.213 e. The maximum absolute atomic E-state index is 13.4. The van der Waals surface area contributed by atoms with E-state index in [1.165, 1.54) is 6.07 Å². The standard InChI is InChI=1S/C20H23F2NO2.C3H8O/c1-13-2-5-16(6-3-13)23-20-17(8-9-24)15(12-25-20)10-14-4-7-18(21)19(22)11-14;1-3-4-2/h4,7,9,11,13,16H,2-3,5-6,8,10,12H2,1H3;3H2,1-2H3. The first-order valence-corrected chi connectivity index (χ1v) is 10.3. The van der Waals surface area contributed by atoms with E-state index in [0.717, 1.165) is 61.7 Å². The largest absolute Gasteiger partial charge is 0.473 e. The van der Waals surface area contributed by atoms with Crippen LogP contribution >= 0.6 is 0 Å². The van der Waals surface area contributed by atoms with E-state index in [-0.39, 0.29) is 12.5 Å². The first kappa shape index (κ1) is 23.2. The molecule has 0 radical (unpaired) electrons. The molecule has 1 aliphatic heterocycles. The van der Waals surface area contributed by atoms with Crippen molar-refractivity contribution >= 4 is 12.2 Å². The van der Waals surface area contributed by atoms with Gasteiger partial charge in [-0.15, -0.1) is 0 Å². The van der Waals surface area contributed by atoms with Crippen molar-refractivity contribution in [2.75, 3.05) is 20.3 Å². The van der Waals surface area contributed by atoms with Crippen molar-refractivity contribution in [2.24, 2.45) is 10.9 Å². The van der Waals surface area contributed by atoms with Crippen molar-refractivity contribution in [3.63, 3.8) is 0 Å². The summed E-state index contributed by atoms with van der Waals surface area (Å²) in [5.41, 5.74) is 2.38. The monoisotopic (exact) mass is 407 g/mol. The molecule has 1 saturated carbocycles. The molecule has 0 N–H and O–H groups in total. The molecule has 0 saturated heterocycles. The molecule has 160 valence electrons. The van der Waals surface area contributed by atoms with Crippen LogP contribution < -0.4 is 0 Å². The Morgan fingerprint density at radius 2 is 1.90 bits per heavy atom. The molecule has 1 heterocycles. The fraction of sp³-hybridized carbons (Fsp3) is 0.565. The molecule has 2 aliphatic rings. The van der Waals surface area contributed by atoms with Gasteiger partial charge in [-0.3, -0.25) is 0 Å². The van der Waals surface area contributed by atoms with E-state index in [9.17, 15) is 13.6 Å². The Balaban J connectivity index is 0.000000687. The molecule has 1 aromatic rings. The second kappa shape index (κ2) is 11.8. The molecule has 0 unspecified atom stereocenters. The normalized spacial score (nSPS) is 22.9. The van der Waals surface area contributed by atoms with Gasteiger partial charge < -0.3 is 14.3 Å². The summed E-state index contributed by atoms with van der Waals surface area (Å²) in [5, 5.41) is 0. The molecule has 0 atom stereocenters. The number of halogens is 2. The Morgan fingerprint density at radius 3 is 2.48 bits per heavy atom. The predicted octanol–water partition coefficient (Wildman–Crippen LogP) is 5.05. The summed E-state index contributed by atoms with van der Waals surface area (Å²) in [6.45, 7) is 5.39. The molecular formula is C23H31F2NO3. The van der Waals surface area contributed by atoms with E-state index in [1.54, 1.807) is 13.2 Å². The van der Waals surface area contributed by atoms with Gasteiger partial charge in [0.15, 0.2) is 11.6 Å². The van der Waals surface area contributed by atoms with Crippen LogP contribution in [0.3, 0.4) is 0 Å². The third-order valence-corrected chi connectivity index (χ3v) is 5.33. The van der Waals surface area contributed by atoms with Crippen LogP contribution in [0.25, 0.3) is 0 Å². The van der Waals surface area contributed by atoms with Gasteiger partial charge in [-0.05, 0) is 68.2 Å². The van der Waals surface area contributed by atoms with E-state index >= 15 is 0 Å². The van der Waals surface area contributed by atoms with E-state index in [1.807, 2.05) is 6.92 Å². The van der Waals surface area contributed by atoms with Crippen LogP contribution in [0.4, 0.5) is 8.78 Å². The maximum atomic E-state index is 13.4. The summed E-state index contributed by atoms with van der Waals surface area (Å²) in [5.74, 6) is -0.416. The van der Waals surface area contributed by atoms with E-state index in [0.29, 0.717) is 24.5 Å². The third kappa shape index (κ3) is 7.03. The molecule has 4 nitrogen and oxygen atoms in total. The number of carbonyl (C=O) groups is 1. The molecule has 0 aromatic heterocycles. The van der Waals surface area contributed by atoms with Crippen LogP contribution in [0.15, 0.2) is 34.3 Å². The summed E-state index contributed by atoms with van der Waals surface area (Å²) < 4.78 is 36.8. The molecule has 29 heavy (non-hydrogen) atoms. The zero-order chi connectivity index (χ0) is 21.2. The van der Waals surface area contributed by atoms with Gasteiger partial charge in [0.05, 0.1) is 6.04 Å². The van der Waals surface area contributed by atoms with Gasteiger partial charge in [0, 0.05) is 25.7 Å². The van der Waals surface area contributed by atoms with Crippen molar-refractivity contribution in [1.82, 2.24) is 0 Å². The van der Waals surface area contributed by atoms with E-state index in [2.05, 4.69) is 11.7 Å². The van der Waals surface area contributed by atoms with Gasteiger partial charge in [-0.2, -0.15) is 0 Å². The molecule has 1 fully saturated rings. The fourth-order valence-corrected chi connectivity index (χ4v) is 3.50. The Morgan fingerprint density at radius 1 is 1.21 bits per heavy atom. The SMILES string of the molecule is CC1CCC(N=C2OCC(Cc3ccc(F)c(F)c3)=C2CC=O)CC1.CCOC. The molecule has 0 amide bonds. The molecule has 3 rings (SSSR count). The van der Waals surface area contributed by atoms with E-state index in [4.69, 9.17) is 9.73 Å². The summed E-state index contributed by atoms with van der Waals surface area (Å²) in [6.07, 6.45) is 5.92. The molecule has 1 aliphatic carbocycles. The van der Waals surface area contributed by atoms with Crippen molar-refractivity contribution in [1.29, 1.82) is 0 Å². The molecule has 0 spiro atoms. The highest BCUT2D eigenvalue weighted by molar-refractivity contribution is 5.99. The lowest BCUT2D eigenvalue weighted by molar-refractivity contribution is -0.107. The van der Waals surface area contributed by atoms with Gasteiger partial charge in [-0.25, -0.2) is 13.8 Å². The first-order valence-electron chi connectivity index (χ1n) is 10.3. The minimum Gasteiger partial charge on any atom is -0.473 e. The van der Waals surface area contributed by atoms with Crippen LogP contribution in [-0.2, 0) is 20.7 Å². The number of carbonyl (C=O) groups excluding carboxylic acids is 1. The number of ether oxygens (including phenoxy) is 2. The zero-order valence-electron chi connectivity index (χ0n) is 17.5. The summed E-state index contributed by atoms with van der Waals surface area (Å²) >= 11 is 0. The average molecular weight is 408 g/mol. The highest BCUT2D eigenvalue weighted by atomic mass is 19.2. The Bertz CT molecular complexity index is 736. The maximum Gasteiger partial charge on any atom is 0.213 e. The number of benzene rings is 1. The average Bonchev–Trinajstić information content (AvgIpc) is 3.08. The lowest BCUT2D eigenvalue weighted by atomic mass is 9.87. The minimum atomic E-state index is -0.862. The number of aliphatic imine (C=N–C) groups is 1. The van der Waals surface area contributed by atoms with Gasteiger partial charge in [-0.1, -0.05) is 13.0 Å². The lowest BCUT2D eigenvalue weighted by Crippen LogP contribution is -2.18. The van der Waals surface area contributed by atoms with Gasteiger partial charge in [0.25, 0.3) is 0 Å². The summed E-state index contributed by atoms with van der Waals surface area (Å²) in [6, 6.07) is 4.12. The zero-order valence-corrected chi connectivity index (χ0v) is 17.5. The first-order chi connectivity index (χ1) is 14.0. The number of nitrogens with zero attached hydrogens (tertiary/aromatic N) is 1. The van der Waals surface area contributed by atoms with E-state index < -0.39 is 11.6 Å². The van der Waals surface area contributed by atoms with Crippen LogP contribution in [0.5, 0.6) is 0 Å². The minimum absolute atomic E-state index is 0.237. The van der Waals surface area contributed by atoms with Crippen molar-refractivity contribution in [3.8, 4) is 0 Å². The highest BCUT2D eigenvalue weighted by Gasteiger charge is 2.25. The quantitative estimate of drug-likeness (QED) is 0.620. The Labute approximate surface area is 172 Å². The highest BCUT2D eigenvalue weighted by Crippen LogP contribution is 2.29. The third-order valence-electron chi connectivity index (χ3n) is 5.33. The summed E-state index contributed by atoms with van der Waals surface area (Å²) in [7, 11) is 1.68. The number of hydrogen-bond acceptors (Lipinski definition) is 4. The predicted molar refractivity (Wildman–Crippen MR) is 110 cm³/mol. The van der Waals surface area contributed by atoms with Crippen molar-refractivity contribution in [2.45, 2.75) is 58.4 Å². The van der Waals surface area contributed by atoms with Crippen molar-refractivity contribution < 1.29 is 23.0 Å². The summed E-state index contributed by atoms with van der Waals surface area (Å²) in [4.78, 5) is 15.8. The van der Waals surface area contributed by atoms with Crippen molar-refractivity contribution in [3.05, 3.63) is 46.5 Å². The number of hydrogen-bond donors (Lipinski definition) is 0. The van der Waals surface area contributed by atoms with Crippen LogP contribution in [0.2, 0.25) is 0 Å². The van der Waals surface area contributed by atoms with Gasteiger partial charge in [0.2, 0.25) is 5.90 Å². The molecular weight excluding hydrogens is 376 g/mol. The number of methoxy groups -OCH3 is 1. The Kier molecular flexibility index (Phi) is 9.45. The molecule has 6 heteroatoms.